The first-order valence-electron chi connectivity index (χ1n) is 9.36. The van der Waals surface area contributed by atoms with Gasteiger partial charge < -0.3 is 10.1 Å². The first kappa shape index (κ1) is 16.7. The lowest BCUT2D eigenvalue weighted by molar-refractivity contribution is 0.286. The summed E-state index contributed by atoms with van der Waals surface area (Å²) in [5.74, 6) is 2.42. The summed E-state index contributed by atoms with van der Waals surface area (Å²) >= 11 is 0. The van der Waals surface area contributed by atoms with Gasteiger partial charge in [-0.25, -0.2) is 0 Å². The number of pyridine rings is 1. The van der Waals surface area contributed by atoms with Gasteiger partial charge in [0, 0.05) is 61.2 Å². The number of nitrogens with zero attached hydrogens (tertiary/aromatic N) is 6. The molecule has 2 atom stereocenters. The first-order chi connectivity index (χ1) is 13.8. The molecule has 1 aliphatic rings. The molecule has 5 rings (SSSR count). The second-order valence-electron chi connectivity index (χ2n) is 7.12. The Morgan fingerprint density at radius 1 is 1.21 bits per heavy atom. The molecule has 0 radical (unpaired) electrons. The first-order valence-corrected chi connectivity index (χ1v) is 9.36. The molecule has 4 heterocycles. The number of hydrogen-bond acceptors (Lipinski definition) is 6. The summed E-state index contributed by atoms with van der Waals surface area (Å²) in [5, 5.41) is 11.9. The van der Waals surface area contributed by atoms with Crippen molar-refractivity contribution in [3.05, 3.63) is 66.4 Å². The average molecular weight is 375 g/mol. The van der Waals surface area contributed by atoms with Crippen molar-refractivity contribution in [2.24, 2.45) is 13.0 Å². The van der Waals surface area contributed by atoms with Gasteiger partial charge in [0.25, 0.3) is 0 Å². The number of aromatic nitrogens is 6. The van der Waals surface area contributed by atoms with E-state index in [0.29, 0.717) is 30.9 Å². The number of aryl methyl sites for hydroxylation is 1. The Hall–Kier alpha value is -3.42. The highest BCUT2D eigenvalue weighted by Crippen LogP contribution is 2.46. The number of fused-ring (bicyclic) bond motifs is 1. The third-order valence-corrected chi connectivity index (χ3v) is 5.00. The van der Waals surface area contributed by atoms with E-state index in [2.05, 4.69) is 31.5 Å². The molecule has 4 aromatic rings. The Balaban J connectivity index is 1.27. The van der Waals surface area contributed by atoms with Crippen LogP contribution in [0.2, 0.25) is 0 Å². The molecule has 1 aliphatic carbocycles. The van der Waals surface area contributed by atoms with Crippen LogP contribution in [0.25, 0.3) is 5.65 Å². The SMILES string of the molecule is Cn1cc(CNc2cc(OC[C@@H]3C[C@H]3c3ccccn3)nc3ccnn23)cn1. The highest BCUT2D eigenvalue weighted by molar-refractivity contribution is 5.51. The zero-order valence-electron chi connectivity index (χ0n) is 15.6. The molecule has 8 heteroatoms. The maximum atomic E-state index is 6.02. The van der Waals surface area contributed by atoms with Crippen LogP contribution in [-0.4, -0.2) is 36.0 Å². The van der Waals surface area contributed by atoms with Crippen LogP contribution < -0.4 is 10.1 Å². The molecular weight excluding hydrogens is 354 g/mol. The summed E-state index contributed by atoms with van der Waals surface area (Å²) in [7, 11) is 1.91. The summed E-state index contributed by atoms with van der Waals surface area (Å²) in [6, 6.07) is 9.84. The Bertz CT molecular complexity index is 1090. The summed E-state index contributed by atoms with van der Waals surface area (Å²) < 4.78 is 9.58. The van der Waals surface area contributed by atoms with Gasteiger partial charge in [-0.15, -0.1) is 0 Å². The van der Waals surface area contributed by atoms with Crippen LogP contribution in [0.5, 0.6) is 5.88 Å². The number of rotatable bonds is 7. The monoisotopic (exact) mass is 375 g/mol. The van der Waals surface area contributed by atoms with Crippen molar-refractivity contribution in [1.82, 2.24) is 29.4 Å². The van der Waals surface area contributed by atoms with E-state index in [1.807, 2.05) is 49.9 Å². The molecule has 1 fully saturated rings. The molecule has 0 aliphatic heterocycles. The summed E-state index contributed by atoms with van der Waals surface area (Å²) in [6.45, 7) is 1.29. The van der Waals surface area contributed by atoms with Crippen molar-refractivity contribution in [3.63, 3.8) is 0 Å². The number of anilines is 1. The molecule has 28 heavy (non-hydrogen) atoms. The molecule has 0 aromatic carbocycles. The zero-order valence-corrected chi connectivity index (χ0v) is 15.6. The average Bonchev–Trinajstić information content (AvgIpc) is 3.11. The molecule has 0 saturated heterocycles. The number of nitrogens with one attached hydrogen (secondary N) is 1. The minimum atomic E-state index is 0.489. The zero-order chi connectivity index (χ0) is 18.9. The van der Waals surface area contributed by atoms with Gasteiger partial charge in [0.05, 0.1) is 19.0 Å². The van der Waals surface area contributed by atoms with E-state index < -0.39 is 0 Å². The standard InChI is InChI=1S/C20H21N7O/c1-26-12-14(11-24-26)10-22-19-9-20(25-18-5-7-23-27(18)19)28-13-15-8-16(15)17-4-2-3-6-21-17/h2-7,9,11-12,15-16,22H,8,10,13H2,1H3/t15-,16+/m0/s1. The smallest absolute Gasteiger partial charge is 0.219 e. The Labute approximate surface area is 162 Å². The van der Waals surface area contributed by atoms with E-state index in [0.717, 1.165) is 29.1 Å². The lowest BCUT2D eigenvalue weighted by Crippen LogP contribution is -2.08. The fourth-order valence-corrected chi connectivity index (χ4v) is 3.43. The second-order valence-corrected chi connectivity index (χ2v) is 7.12. The Morgan fingerprint density at radius 3 is 3.00 bits per heavy atom. The van der Waals surface area contributed by atoms with Crippen molar-refractivity contribution >= 4 is 11.5 Å². The lowest BCUT2D eigenvalue weighted by Gasteiger charge is -2.11. The van der Waals surface area contributed by atoms with E-state index in [1.54, 1.807) is 15.4 Å². The van der Waals surface area contributed by atoms with E-state index >= 15 is 0 Å². The van der Waals surface area contributed by atoms with Crippen LogP contribution in [0.1, 0.15) is 23.6 Å². The molecule has 4 aromatic heterocycles. The predicted molar refractivity (Wildman–Crippen MR) is 104 cm³/mol. The molecular formula is C20H21N7O. The van der Waals surface area contributed by atoms with E-state index in [4.69, 9.17) is 4.74 Å². The van der Waals surface area contributed by atoms with Crippen LogP contribution in [0.4, 0.5) is 5.82 Å². The quantitative estimate of drug-likeness (QED) is 0.535. The molecule has 0 spiro atoms. The minimum Gasteiger partial charge on any atom is -0.477 e. The van der Waals surface area contributed by atoms with Gasteiger partial charge in [0.1, 0.15) is 5.82 Å². The molecule has 0 bridgehead atoms. The maximum Gasteiger partial charge on any atom is 0.219 e. The van der Waals surface area contributed by atoms with Gasteiger partial charge >= 0.3 is 0 Å². The number of hydrogen-bond donors (Lipinski definition) is 1. The Kier molecular flexibility index (Phi) is 4.16. The van der Waals surface area contributed by atoms with E-state index in [9.17, 15) is 0 Å². The summed E-state index contributed by atoms with van der Waals surface area (Å²) in [5.41, 5.74) is 3.00. The molecule has 8 nitrogen and oxygen atoms in total. The normalized spacial score (nSPS) is 18.3. The second kappa shape index (κ2) is 6.95. The van der Waals surface area contributed by atoms with Gasteiger partial charge in [0.15, 0.2) is 5.65 Å². The molecule has 0 unspecified atom stereocenters. The largest absolute Gasteiger partial charge is 0.477 e. The molecule has 142 valence electrons. The minimum absolute atomic E-state index is 0.489. The Morgan fingerprint density at radius 2 is 2.18 bits per heavy atom. The van der Waals surface area contributed by atoms with E-state index in [-0.39, 0.29) is 0 Å². The van der Waals surface area contributed by atoms with Crippen LogP contribution in [0, 0.1) is 5.92 Å². The van der Waals surface area contributed by atoms with Crippen LogP contribution in [0.15, 0.2) is 55.1 Å². The third kappa shape index (κ3) is 3.40. The van der Waals surface area contributed by atoms with Crippen molar-refractivity contribution in [1.29, 1.82) is 0 Å². The fourth-order valence-electron chi connectivity index (χ4n) is 3.43. The topological polar surface area (TPSA) is 82.2 Å². The third-order valence-electron chi connectivity index (χ3n) is 5.00. The van der Waals surface area contributed by atoms with Gasteiger partial charge in [0.2, 0.25) is 5.88 Å². The van der Waals surface area contributed by atoms with Crippen LogP contribution in [0.3, 0.4) is 0 Å². The maximum absolute atomic E-state index is 6.02. The molecule has 0 amide bonds. The number of ether oxygens (including phenoxy) is 1. The van der Waals surface area contributed by atoms with Gasteiger partial charge in [-0.2, -0.15) is 19.7 Å². The van der Waals surface area contributed by atoms with Gasteiger partial charge in [-0.05, 0) is 18.6 Å². The van der Waals surface area contributed by atoms with Crippen molar-refractivity contribution in [2.75, 3.05) is 11.9 Å². The van der Waals surface area contributed by atoms with Crippen molar-refractivity contribution < 1.29 is 4.74 Å². The van der Waals surface area contributed by atoms with Crippen molar-refractivity contribution in [2.45, 2.75) is 18.9 Å². The van der Waals surface area contributed by atoms with Gasteiger partial charge in [-0.1, -0.05) is 6.07 Å². The van der Waals surface area contributed by atoms with Crippen molar-refractivity contribution in [3.8, 4) is 5.88 Å². The fraction of sp³-hybridized carbons (Fsp3) is 0.300. The van der Waals surface area contributed by atoms with Gasteiger partial charge in [-0.3, -0.25) is 9.67 Å². The lowest BCUT2D eigenvalue weighted by atomic mass is 10.2. The highest BCUT2D eigenvalue weighted by Gasteiger charge is 2.39. The highest BCUT2D eigenvalue weighted by atomic mass is 16.5. The molecule has 1 saturated carbocycles. The van der Waals surface area contributed by atoms with Crippen LogP contribution >= 0.6 is 0 Å². The summed E-state index contributed by atoms with van der Waals surface area (Å²) in [6.07, 6.45) is 8.52. The van der Waals surface area contributed by atoms with Crippen LogP contribution in [-0.2, 0) is 13.6 Å². The predicted octanol–water partition coefficient (Wildman–Crippen LogP) is 2.65. The molecule has 1 N–H and O–H groups in total. The summed E-state index contributed by atoms with van der Waals surface area (Å²) in [4.78, 5) is 9.01. The van der Waals surface area contributed by atoms with E-state index in [1.165, 1.54) is 0 Å².